The molecule has 3 rings (SSSR count). The molecule has 3 N–H and O–H groups in total. The molecule has 0 spiro atoms. The lowest BCUT2D eigenvalue weighted by Crippen LogP contribution is -2.49. The molecule has 0 bridgehead atoms. The standard InChI is InChI=1S/C25H37N9O2/c1-30(2)10-9-22(35)34(16-11-31(3)4)20-7-5-19(6-8-20)25(36)33-14-12-32(13-15-33)24-21(17-26)23(27)28-18-29-24/h5-8,17-18,26H,9-16H2,1-4H3,(H2,27,28,29). The number of likely N-dealkylation sites (N-methyl/N-ethyl adjacent to an activating group) is 1. The first-order valence-electron chi connectivity index (χ1n) is 12.1. The number of carbonyl (C=O) groups is 2. The van der Waals surface area contributed by atoms with Crippen LogP contribution in [0.2, 0.25) is 0 Å². The van der Waals surface area contributed by atoms with Gasteiger partial charge in [0.05, 0.1) is 5.56 Å². The Hall–Kier alpha value is -3.57. The van der Waals surface area contributed by atoms with Gasteiger partial charge in [0.15, 0.2) is 0 Å². The lowest BCUT2D eigenvalue weighted by atomic mass is 10.1. The van der Waals surface area contributed by atoms with Crippen LogP contribution in [0.15, 0.2) is 30.6 Å². The third-order valence-electron chi connectivity index (χ3n) is 6.18. The van der Waals surface area contributed by atoms with Gasteiger partial charge in [-0.3, -0.25) is 9.59 Å². The van der Waals surface area contributed by atoms with Crippen LogP contribution >= 0.6 is 0 Å². The average molecular weight is 496 g/mol. The van der Waals surface area contributed by atoms with Gasteiger partial charge in [0.2, 0.25) is 5.91 Å². The molecule has 1 saturated heterocycles. The van der Waals surface area contributed by atoms with Crippen molar-refractivity contribution in [1.82, 2.24) is 24.7 Å². The summed E-state index contributed by atoms with van der Waals surface area (Å²) in [5.74, 6) is 0.906. The number of nitrogens with one attached hydrogen (secondary N) is 1. The van der Waals surface area contributed by atoms with Gasteiger partial charge < -0.3 is 35.6 Å². The smallest absolute Gasteiger partial charge is 0.253 e. The topological polar surface area (TPSA) is 126 Å². The fraction of sp³-hybridized carbons (Fsp3) is 0.480. The van der Waals surface area contributed by atoms with Crippen molar-refractivity contribution >= 4 is 35.4 Å². The van der Waals surface area contributed by atoms with Crippen LogP contribution in [-0.4, -0.2) is 117 Å². The van der Waals surface area contributed by atoms with E-state index in [0.29, 0.717) is 62.6 Å². The van der Waals surface area contributed by atoms with E-state index < -0.39 is 0 Å². The number of nitrogens with two attached hydrogens (primary N) is 1. The largest absolute Gasteiger partial charge is 0.383 e. The molecule has 2 aromatic rings. The summed E-state index contributed by atoms with van der Waals surface area (Å²) in [6.45, 7) is 4.23. The van der Waals surface area contributed by atoms with Crippen LogP contribution in [-0.2, 0) is 4.79 Å². The second-order valence-electron chi connectivity index (χ2n) is 9.37. The van der Waals surface area contributed by atoms with Gasteiger partial charge in [0, 0.05) is 69.7 Å². The molecule has 0 saturated carbocycles. The van der Waals surface area contributed by atoms with Crippen molar-refractivity contribution < 1.29 is 9.59 Å². The van der Waals surface area contributed by atoms with Crippen LogP contribution < -0.4 is 15.5 Å². The van der Waals surface area contributed by atoms with Crippen molar-refractivity contribution in [2.45, 2.75) is 6.42 Å². The Bertz CT molecular complexity index is 1050. The Morgan fingerprint density at radius 3 is 2.19 bits per heavy atom. The summed E-state index contributed by atoms with van der Waals surface area (Å²) >= 11 is 0. The van der Waals surface area contributed by atoms with Gasteiger partial charge in [0.25, 0.3) is 5.91 Å². The molecule has 11 heteroatoms. The van der Waals surface area contributed by atoms with Crippen LogP contribution in [0.3, 0.4) is 0 Å². The van der Waals surface area contributed by atoms with E-state index in [0.717, 1.165) is 18.4 Å². The van der Waals surface area contributed by atoms with E-state index in [1.165, 1.54) is 6.33 Å². The third-order valence-corrected chi connectivity index (χ3v) is 6.18. The van der Waals surface area contributed by atoms with Crippen LogP contribution in [0.25, 0.3) is 0 Å². The van der Waals surface area contributed by atoms with E-state index in [1.54, 1.807) is 17.0 Å². The zero-order valence-electron chi connectivity index (χ0n) is 21.6. The zero-order chi connectivity index (χ0) is 26.2. The Balaban J connectivity index is 1.66. The summed E-state index contributed by atoms with van der Waals surface area (Å²) in [5, 5.41) is 7.62. The van der Waals surface area contributed by atoms with E-state index >= 15 is 0 Å². The minimum Gasteiger partial charge on any atom is -0.383 e. The summed E-state index contributed by atoms with van der Waals surface area (Å²) in [4.78, 5) is 44.0. The molecule has 1 aliphatic heterocycles. The van der Waals surface area contributed by atoms with Crippen molar-refractivity contribution in [2.75, 3.05) is 89.5 Å². The van der Waals surface area contributed by atoms with E-state index in [-0.39, 0.29) is 17.6 Å². The molecule has 1 aromatic carbocycles. The number of nitrogen functional groups attached to an aromatic ring is 1. The lowest BCUT2D eigenvalue weighted by Gasteiger charge is -2.36. The first-order chi connectivity index (χ1) is 17.2. The molecule has 1 fully saturated rings. The Morgan fingerprint density at radius 1 is 0.972 bits per heavy atom. The predicted molar refractivity (Wildman–Crippen MR) is 143 cm³/mol. The van der Waals surface area contributed by atoms with Crippen molar-refractivity contribution in [2.24, 2.45) is 0 Å². The lowest BCUT2D eigenvalue weighted by molar-refractivity contribution is -0.118. The quantitative estimate of drug-likeness (QED) is 0.465. The highest BCUT2D eigenvalue weighted by atomic mass is 16.2. The normalized spacial score (nSPS) is 13.8. The summed E-state index contributed by atoms with van der Waals surface area (Å²) < 4.78 is 0. The van der Waals surface area contributed by atoms with Gasteiger partial charge in [-0.1, -0.05) is 0 Å². The minimum atomic E-state index is -0.0468. The maximum Gasteiger partial charge on any atom is 0.253 e. The average Bonchev–Trinajstić information content (AvgIpc) is 2.87. The number of benzene rings is 1. The molecule has 2 heterocycles. The highest BCUT2D eigenvalue weighted by molar-refractivity contribution is 5.97. The Morgan fingerprint density at radius 2 is 1.61 bits per heavy atom. The maximum atomic E-state index is 13.2. The van der Waals surface area contributed by atoms with E-state index in [9.17, 15) is 9.59 Å². The number of rotatable bonds is 10. The van der Waals surface area contributed by atoms with Gasteiger partial charge >= 0.3 is 0 Å². The number of anilines is 3. The fourth-order valence-corrected chi connectivity index (χ4v) is 4.03. The molecule has 1 aliphatic rings. The number of aromatic nitrogens is 2. The van der Waals surface area contributed by atoms with Crippen LogP contribution in [0.4, 0.5) is 17.3 Å². The fourth-order valence-electron chi connectivity index (χ4n) is 4.03. The number of carbonyl (C=O) groups excluding carboxylic acids is 2. The maximum absolute atomic E-state index is 13.2. The highest BCUT2D eigenvalue weighted by Gasteiger charge is 2.25. The predicted octanol–water partition coefficient (Wildman–Crippen LogP) is 0.865. The molecule has 194 valence electrons. The SMILES string of the molecule is CN(C)CCC(=O)N(CCN(C)C)c1ccc(C(=O)N2CCN(c3ncnc(N)c3C=N)CC2)cc1. The van der Waals surface area contributed by atoms with Gasteiger partial charge in [-0.05, 0) is 52.5 Å². The summed E-state index contributed by atoms with van der Waals surface area (Å²) in [6, 6.07) is 7.30. The number of hydrogen-bond donors (Lipinski definition) is 2. The monoisotopic (exact) mass is 495 g/mol. The first-order valence-corrected chi connectivity index (χ1v) is 12.1. The van der Waals surface area contributed by atoms with Crippen LogP contribution in [0.5, 0.6) is 0 Å². The molecule has 2 amide bonds. The minimum absolute atomic E-state index is 0.0468. The third kappa shape index (κ3) is 6.76. The molecule has 11 nitrogen and oxygen atoms in total. The molecule has 0 radical (unpaired) electrons. The molecule has 0 aliphatic carbocycles. The molecular formula is C25H37N9O2. The molecule has 0 atom stereocenters. The van der Waals surface area contributed by atoms with Crippen molar-refractivity contribution in [3.63, 3.8) is 0 Å². The Labute approximate surface area is 213 Å². The number of amides is 2. The Kier molecular flexibility index (Phi) is 9.31. The van der Waals surface area contributed by atoms with Crippen LogP contribution in [0, 0.1) is 5.41 Å². The number of hydrogen-bond acceptors (Lipinski definition) is 9. The summed E-state index contributed by atoms with van der Waals surface area (Å²) in [5.41, 5.74) is 7.76. The summed E-state index contributed by atoms with van der Waals surface area (Å²) in [6.07, 6.45) is 2.99. The number of piperazine rings is 1. The second-order valence-corrected chi connectivity index (χ2v) is 9.37. The first kappa shape index (κ1) is 27.0. The van der Waals surface area contributed by atoms with E-state index in [1.807, 2.05) is 59.9 Å². The van der Waals surface area contributed by atoms with Gasteiger partial charge in [-0.2, -0.15) is 0 Å². The second kappa shape index (κ2) is 12.4. The molecule has 1 aromatic heterocycles. The van der Waals surface area contributed by atoms with Gasteiger partial charge in [-0.25, -0.2) is 9.97 Å². The zero-order valence-corrected chi connectivity index (χ0v) is 21.6. The van der Waals surface area contributed by atoms with Gasteiger partial charge in [-0.15, -0.1) is 0 Å². The van der Waals surface area contributed by atoms with E-state index in [2.05, 4.69) is 9.97 Å². The van der Waals surface area contributed by atoms with Crippen LogP contribution in [0.1, 0.15) is 22.3 Å². The summed E-state index contributed by atoms with van der Waals surface area (Å²) in [7, 11) is 7.87. The van der Waals surface area contributed by atoms with E-state index in [4.69, 9.17) is 11.1 Å². The molecule has 0 unspecified atom stereocenters. The van der Waals surface area contributed by atoms with Crippen molar-refractivity contribution in [1.29, 1.82) is 5.41 Å². The van der Waals surface area contributed by atoms with Crippen molar-refractivity contribution in [3.05, 3.63) is 41.7 Å². The van der Waals surface area contributed by atoms with Gasteiger partial charge in [0.1, 0.15) is 18.0 Å². The molecule has 36 heavy (non-hydrogen) atoms. The highest BCUT2D eigenvalue weighted by Crippen LogP contribution is 2.22. The number of nitrogens with zero attached hydrogens (tertiary/aromatic N) is 7. The molecular weight excluding hydrogens is 458 g/mol. The van der Waals surface area contributed by atoms with Crippen molar-refractivity contribution in [3.8, 4) is 0 Å².